The van der Waals surface area contributed by atoms with Gasteiger partial charge in [-0.2, -0.15) is 9.40 Å². The van der Waals surface area contributed by atoms with Crippen LogP contribution < -0.4 is 5.56 Å². The van der Waals surface area contributed by atoms with Crippen molar-refractivity contribution in [2.75, 3.05) is 32.7 Å². The van der Waals surface area contributed by atoms with Gasteiger partial charge < -0.3 is 4.57 Å². The fraction of sp³-hybridized carbons (Fsp3) is 0.667. The Labute approximate surface area is 183 Å². The summed E-state index contributed by atoms with van der Waals surface area (Å²) in [6, 6.07) is 1.74. The maximum atomic E-state index is 13.0. The molecule has 0 atom stereocenters. The van der Waals surface area contributed by atoms with E-state index in [1.807, 2.05) is 20.9 Å². The molecule has 1 saturated heterocycles. The van der Waals surface area contributed by atoms with Crippen LogP contribution in [-0.2, 0) is 36.5 Å². The van der Waals surface area contributed by atoms with Gasteiger partial charge in [0.05, 0.1) is 12.2 Å². The fourth-order valence-electron chi connectivity index (χ4n) is 4.44. The first-order chi connectivity index (χ1) is 14.8. The number of fused-ring (bicyclic) bond motifs is 1. The molecule has 1 aliphatic carbocycles. The Hall–Kier alpha value is -2.04. The quantitative estimate of drug-likeness (QED) is 0.654. The summed E-state index contributed by atoms with van der Waals surface area (Å²) < 4.78 is 30.9. The molecule has 1 aliphatic heterocycles. The van der Waals surface area contributed by atoms with Gasteiger partial charge in [0.25, 0.3) is 15.6 Å². The standard InChI is InChI=1S/C21H32N6O3S/c1-16(2)21-22-19(15-24(21)3)31(29,30)26-11-8-25(9-12-26)10-13-27-20(28)14-17-6-4-5-7-18(17)23-27/h14-16H,4-13H2,1-3H3. The molecule has 3 heterocycles. The molecule has 0 saturated carbocycles. The van der Waals surface area contributed by atoms with Gasteiger partial charge in [-0.1, -0.05) is 13.8 Å². The third-order valence-corrected chi connectivity index (χ3v) is 8.01. The second-order valence-electron chi connectivity index (χ2n) is 8.83. The molecular weight excluding hydrogens is 416 g/mol. The van der Waals surface area contributed by atoms with Gasteiger partial charge in [0.1, 0.15) is 5.82 Å². The van der Waals surface area contributed by atoms with Crippen molar-refractivity contribution < 1.29 is 8.42 Å². The monoisotopic (exact) mass is 448 g/mol. The first-order valence-corrected chi connectivity index (χ1v) is 12.6. The van der Waals surface area contributed by atoms with Crippen molar-refractivity contribution in [1.82, 2.24) is 28.5 Å². The summed E-state index contributed by atoms with van der Waals surface area (Å²) in [5, 5.41) is 4.70. The van der Waals surface area contributed by atoms with Crippen molar-refractivity contribution >= 4 is 10.0 Å². The van der Waals surface area contributed by atoms with Crippen molar-refractivity contribution in [3.05, 3.63) is 39.7 Å². The summed E-state index contributed by atoms with van der Waals surface area (Å²) in [6.45, 7) is 7.30. The number of aryl methyl sites for hydroxylation is 3. The lowest BCUT2D eigenvalue weighted by Gasteiger charge is -2.33. The highest BCUT2D eigenvalue weighted by Gasteiger charge is 2.31. The Morgan fingerprint density at radius 1 is 1.06 bits per heavy atom. The lowest BCUT2D eigenvalue weighted by Crippen LogP contribution is -2.49. The fourth-order valence-corrected chi connectivity index (χ4v) is 5.84. The Bertz CT molecular complexity index is 1100. The Morgan fingerprint density at radius 3 is 2.45 bits per heavy atom. The molecule has 0 bridgehead atoms. The normalized spacial score (nSPS) is 18.5. The average Bonchev–Trinajstić information content (AvgIpc) is 3.15. The summed E-state index contributed by atoms with van der Waals surface area (Å²) in [7, 11) is -1.77. The van der Waals surface area contributed by atoms with Crippen LogP contribution in [0.4, 0.5) is 0 Å². The Balaban J connectivity index is 1.36. The molecule has 0 unspecified atom stereocenters. The van der Waals surface area contributed by atoms with E-state index in [1.54, 1.807) is 21.5 Å². The highest BCUT2D eigenvalue weighted by Crippen LogP contribution is 2.20. The Kier molecular flexibility index (Phi) is 6.32. The zero-order valence-electron chi connectivity index (χ0n) is 18.6. The highest BCUT2D eigenvalue weighted by atomic mass is 32.2. The predicted molar refractivity (Wildman–Crippen MR) is 118 cm³/mol. The number of sulfonamides is 1. The molecule has 2 aromatic heterocycles. The van der Waals surface area contributed by atoms with E-state index in [-0.39, 0.29) is 16.5 Å². The second-order valence-corrected chi connectivity index (χ2v) is 10.7. The van der Waals surface area contributed by atoms with Gasteiger partial charge in [-0.05, 0) is 31.2 Å². The van der Waals surface area contributed by atoms with Crippen LogP contribution in [0.1, 0.15) is 49.7 Å². The third kappa shape index (κ3) is 4.61. The lowest BCUT2D eigenvalue weighted by atomic mass is 9.97. The van der Waals surface area contributed by atoms with Crippen LogP contribution in [0.15, 0.2) is 22.1 Å². The van der Waals surface area contributed by atoms with Crippen molar-refractivity contribution in [2.24, 2.45) is 7.05 Å². The SMILES string of the molecule is CC(C)c1nc(S(=O)(=O)N2CCN(CCn3nc4c(cc3=O)CCCC4)CC2)cn1C. The first-order valence-electron chi connectivity index (χ1n) is 11.1. The zero-order chi connectivity index (χ0) is 22.2. The topological polar surface area (TPSA) is 93.3 Å². The maximum absolute atomic E-state index is 13.0. The number of hydrogen-bond donors (Lipinski definition) is 0. The zero-order valence-corrected chi connectivity index (χ0v) is 19.4. The third-order valence-electron chi connectivity index (χ3n) is 6.24. The summed E-state index contributed by atoms with van der Waals surface area (Å²) in [5.41, 5.74) is 2.11. The van der Waals surface area contributed by atoms with Crippen molar-refractivity contribution in [2.45, 2.75) is 57.0 Å². The number of rotatable bonds is 6. The van der Waals surface area contributed by atoms with Gasteiger partial charge >= 0.3 is 0 Å². The summed E-state index contributed by atoms with van der Waals surface area (Å²) in [6.07, 6.45) is 5.75. The molecule has 2 aromatic rings. The minimum Gasteiger partial charge on any atom is -0.336 e. The minimum absolute atomic E-state index is 0.0435. The molecule has 2 aliphatic rings. The van der Waals surface area contributed by atoms with Gasteiger partial charge in [-0.25, -0.2) is 18.1 Å². The lowest BCUT2D eigenvalue weighted by molar-refractivity contribution is 0.179. The summed E-state index contributed by atoms with van der Waals surface area (Å²) in [4.78, 5) is 18.9. The van der Waals surface area contributed by atoms with Crippen LogP contribution in [0.2, 0.25) is 0 Å². The van der Waals surface area contributed by atoms with Crippen molar-refractivity contribution in [3.63, 3.8) is 0 Å². The van der Waals surface area contributed by atoms with Gasteiger partial charge in [-0.3, -0.25) is 9.69 Å². The average molecular weight is 449 g/mol. The largest absolute Gasteiger partial charge is 0.336 e. The van der Waals surface area contributed by atoms with E-state index >= 15 is 0 Å². The molecule has 0 aromatic carbocycles. The molecule has 1 fully saturated rings. The predicted octanol–water partition coefficient (Wildman–Crippen LogP) is 0.986. The van der Waals surface area contributed by atoms with E-state index in [0.717, 1.165) is 42.8 Å². The molecule has 0 spiro atoms. The maximum Gasteiger partial charge on any atom is 0.267 e. The van der Waals surface area contributed by atoms with Gasteiger partial charge in [-0.15, -0.1) is 0 Å². The molecule has 0 N–H and O–H groups in total. The molecule has 31 heavy (non-hydrogen) atoms. The van der Waals surface area contributed by atoms with Crippen molar-refractivity contribution in [1.29, 1.82) is 0 Å². The number of nitrogens with zero attached hydrogens (tertiary/aromatic N) is 6. The number of hydrogen-bond acceptors (Lipinski definition) is 6. The smallest absolute Gasteiger partial charge is 0.267 e. The van der Waals surface area contributed by atoms with Crippen LogP contribution in [0.5, 0.6) is 0 Å². The van der Waals surface area contributed by atoms with Crippen LogP contribution in [0.3, 0.4) is 0 Å². The Morgan fingerprint density at radius 2 is 1.77 bits per heavy atom. The van der Waals surface area contributed by atoms with E-state index in [1.165, 1.54) is 4.31 Å². The summed E-state index contributed by atoms with van der Waals surface area (Å²) in [5.74, 6) is 0.923. The molecule has 0 radical (unpaired) electrons. The van der Waals surface area contributed by atoms with Gasteiger partial charge in [0.15, 0.2) is 5.03 Å². The first kappa shape index (κ1) is 22.2. The molecule has 10 heteroatoms. The molecule has 4 rings (SSSR count). The molecule has 9 nitrogen and oxygen atoms in total. The molecule has 170 valence electrons. The van der Waals surface area contributed by atoms with Gasteiger partial charge in [0.2, 0.25) is 0 Å². The van der Waals surface area contributed by atoms with Gasteiger partial charge in [0, 0.05) is 58.0 Å². The van der Waals surface area contributed by atoms with Crippen molar-refractivity contribution in [3.8, 4) is 0 Å². The highest BCUT2D eigenvalue weighted by molar-refractivity contribution is 7.89. The van der Waals surface area contributed by atoms with E-state index in [2.05, 4.69) is 15.0 Å². The van der Waals surface area contributed by atoms with Crippen LogP contribution in [-0.4, -0.2) is 69.7 Å². The van der Waals surface area contributed by atoms with Crippen LogP contribution >= 0.6 is 0 Å². The molecule has 0 amide bonds. The second kappa shape index (κ2) is 8.84. The minimum atomic E-state index is -3.60. The van der Waals surface area contributed by atoms with Crippen LogP contribution in [0.25, 0.3) is 0 Å². The van der Waals surface area contributed by atoms with E-state index in [4.69, 9.17) is 0 Å². The number of aromatic nitrogens is 4. The van der Waals surface area contributed by atoms with E-state index in [0.29, 0.717) is 39.3 Å². The summed E-state index contributed by atoms with van der Waals surface area (Å²) >= 11 is 0. The number of piperazine rings is 1. The van der Waals surface area contributed by atoms with E-state index in [9.17, 15) is 13.2 Å². The molecular formula is C21H32N6O3S. The number of imidazole rings is 1. The van der Waals surface area contributed by atoms with E-state index < -0.39 is 10.0 Å². The van der Waals surface area contributed by atoms with Crippen LogP contribution in [0, 0.1) is 0 Å².